The molecule has 0 rings (SSSR count). The summed E-state index contributed by atoms with van der Waals surface area (Å²) in [6.07, 6.45) is 38.9. The number of allylic oxidation sites excluding steroid dienone is 4. The van der Waals surface area contributed by atoms with Crippen molar-refractivity contribution in [1.82, 2.24) is 0 Å². The molecule has 0 saturated heterocycles. The number of carbonyl (C=O) groups excluding carboxylic acids is 2. The van der Waals surface area contributed by atoms with E-state index >= 15 is 0 Å². The average molecular weight is 701 g/mol. The summed E-state index contributed by atoms with van der Waals surface area (Å²) in [6, 6.07) is 0. The highest BCUT2D eigenvalue weighted by Crippen LogP contribution is 2.36. The van der Waals surface area contributed by atoms with Gasteiger partial charge in [0.05, 0.1) is 6.61 Å². The lowest BCUT2D eigenvalue weighted by Crippen LogP contribution is -2.29. The van der Waals surface area contributed by atoms with E-state index in [1.54, 1.807) is 0 Å². The van der Waals surface area contributed by atoms with E-state index in [4.69, 9.17) is 19.3 Å². The number of carbonyl (C=O) groups is 2. The number of hydrogen-bond acceptors (Lipinski definition) is 6. The predicted octanol–water partition coefficient (Wildman–Crippen LogP) is 11.6. The van der Waals surface area contributed by atoms with E-state index in [2.05, 4.69) is 42.7 Å². The molecule has 0 bridgehead atoms. The van der Waals surface area contributed by atoms with Crippen LogP contribution in [-0.4, -0.2) is 41.0 Å². The van der Waals surface area contributed by atoms with Gasteiger partial charge in [-0.15, -0.1) is 0 Å². The monoisotopic (exact) mass is 701 g/mol. The second-order valence-electron chi connectivity index (χ2n) is 13.2. The van der Waals surface area contributed by atoms with Gasteiger partial charge in [0.25, 0.3) is 0 Å². The first-order chi connectivity index (χ1) is 23.3. The molecule has 0 aliphatic heterocycles. The molecule has 0 aliphatic rings. The number of phosphoric acid groups is 1. The van der Waals surface area contributed by atoms with Gasteiger partial charge < -0.3 is 19.3 Å². The van der Waals surface area contributed by atoms with Gasteiger partial charge in [-0.1, -0.05) is 141 Å². The molecule has 48 heavy (non-hydrogen) atoms. The third kappa shape index (κ3) is 37.4. The molecule has 0 aromatic carbocycles. The zero-order valence-electron chi connectivity index (χ0n) is 30.9. The zero-order chi connectivity index (χ0) is 35.4. The molecular formula is C39H73O8P. The first-order valence-electron chi connectivity index (χ1n) is 19.6. The Hall–Kier alpha value is -1.47. The lowest BCUT2D eigenvalue weighted by Gasteiger charge is -2.18. The summed E-state index contributed by atoms with van der Waals surface area (Å²) in [6.45, 7) is 3.65. The van der Waals surface area contributed by atoms with Crippen LogP contribution >= 0.6 is 7.82 Å². The van der Waals surface area contributed by atoms with E-state index < -0.39 is 32.5 Å². The van der Waals surface area contributed by atoms with Crippen LogP contribution in [0.1, 0.15) is 194 Å². The Balaban J connectivity index is 3.95. The van der Waals surface area contributed by atoms with Crippen LogP contribution in [0.2, 0.25) is 0 Å². The number of hydrogen-bond donors (Lipinski definition) is 2. The summed E-state index contributed by atoms with van der Waals surface area (Å²) in [5, 5.41) is 0. The molecule has 282 valence electrons. The van der Waals surface area contributed by atoms with E-state index in [9.17, 15) is 14.2 Å². The molecule has 2 N–H and O–H groups in total. The van der Waals surface area contributed by atoms with Crippen LogP contribution in [0, 0.1) is 0 Å². The predicted molar refractivity (Wildman–Crippen MR) is 198 cm³/mol. The molecule has 0 aromatic rings. The van der Waals surface area contributed by atoms with Crippen LogP contribution in [0.5, 0.6) is 0 Å². The standard InChI is InChI=1S/C39H73O8P/c1-3-5-7-9-11-13-15-17-19-21-23-25-27-29-31-33-38(40)45-35-37(36-46-48(42,43)44)47-39(41)34-32-30-28-26-24-22-20-18-16-14-12-10-8-6-4-2/h13-16,37H,3-12,17-36H2,1-2H3,(H2,42,43,44)/b15-13+,16-14+/t37-/m1/s1. The van der Waals surface area contributed by atoms with Crippen molar-refractivity contribution in [3.8, 4) is 0 Å². The quantitative estimate of drug-likeness (QED) is 0.0287. The van der Waals surface area contributed by atoms with Gasteiger partial charge in [0.1, 0.15) is 6.61 Å². The van der Waals surface area contributed by atoms with Gasteiger partial charge in [-0.3, -0.25) is 14.1 Å². The van der Waals surface area contributed by atoms with Crippen molar-refractivity contribution >= 4 is 19.8 Å². The summed E-state index contributed by atoms with van der Waals surface area (Å²) in [4.78, 5) is 42.7. The highest BCUT2D eigenvalue weighted by molar-refractivity contribution is 7.46. The van der Waals surface area contributed by atoms with Crippen LogP contribution in [0.4, 0.5) is 0 Å². The molecule has 0 heterocycles. The smallest absolute Gasteiger partial charge is 0.462 e. The first-order valence-corrected chi connectivity index (χ1v) is 21.2. The molecule has 0 radical (unpaired) electrons. The molecule has 0 amide bonds. The van der Waals surface area contributed by atoms with Gasteiger partial charge in [0.2, 0.25) is 0 Å². The van der Waals surface area contributed by atoms with E-state index in [0.29, 0.717) is 6.42 Å². The summed E-state index contributed by atoms with van der Waals surface area (Å²) < 4.78 is 26.3. The van der Waals surface area contributed by atoms with Gasteiger partial charge >= 0.3 is 19.8 Å². The van der Waals surface area contributed by atoms with Crippen LogP contribution in [0.25, 0.3) is 0 Å². The highest BCUT2D eigenvalue weighted by atomic mass is 31.2. The second kappa shape index (κ2) is 35.4. The Morgan fingerprint density at radius 3 is 1.27 bits per heavy atom. The third-order valence-corrected chi connectivity index (χ3v) is 8.93. The van der Waals surface area contributed by atoms with E-state index in [1.165, 1.54) is 103 Å². The fraction of sp³-hybridized carbons (Fsp3) is 0.846. The largest absolute Gasteiger partial charge is 0.469 e. The minimum Gasteiger partial charge on any atom is -0.462 e. The van der Waals surface area contributed by atoms with Gasteiger partial charge in [-0.2, -0.15) is 0 Å². The minimum atomic E-state index is -4.75. The van der Waals surface area contributed by atoms with Crippen molar-refractivity contribution in [3.63, 3.8) is 0 Å². The summed E-state index contributed by atoms with van der Waals surface area (Å²) in [5.74, 6) is -0.891. The van der Waals surface area contributed by atoms with Crippen molar-refractivity contribution in [2.45, 2.75) is 200 Å². The first kappa shape index (κ1) is 46.5. The van der Waals surface area contributed by atoms with Crippen LogP contribution in [0.3, 0.4) is 0 Å². The molecule has 0 fully saturated rings. The summed E-state index contributed by atoms with van der Waals surface area (Å²) in [5.41, 5.74) is 0. The average Bonchev–Trinajstić information content (AvgIpc) is 3.05. The van der Waals surface area contributed by atoms with Crippen molar-refractivity contribution in [1.29, 1.82) is 0 Å². The number of esters is 2. The Bertz CT molecular complexity index is 838. The maximum Gasteiger partial charge on any atom is 0.469 e. The minimum absolute atomic E-state index is 0.208. The van der Waals surface area contributed by atoms with Crippen molar-refractivity contribution in [3.05, 3.63) is 24.3 Å². The molecular weight excluding hydrogens is 627 g/mol. The lowest BCUT2D eigenvalue weighted by atomic mass is 10.1. The van der Waals surface area contributed by atoms with E-state index in [0.717, 1.165) is 57.8 Å². The molecule has 0 aliphatic carbocycles. The normalized spacial score (nSPS) is 12.7. The maximum atomic E-state index is 12.4. The number of ether oxygens (including phenoxy) is 2. The molecule has 0 unspecified atom stereocenters. The maximum absolute atomic E-state index is 12.4. The molecule has 8 nitrogen and oxygen atoms in total. The Morgan fingerprint density at radius 1 is 0.521 bits per heavy atom. The Morgan fingerprint density at radius 2 is 0.875 bits per heavy atom. The fourth-order valence-electron chi connectivity index (χ4n) is 5.48. The van der Waals surface area contributed by atoms with Gasteiger partial charge in [0, 0.05) is 12.8 Å². The second-order valence-corrected chi connectivity index (χ2v) is 14.5. The Labute approximate surface area is 294 Å². The van der Waals surface area contributed by atoms with E-state index in [-0.39, 0.29) is 19.4 Å². The van der Waals surface area contributed by atoms with Crippen LogP contribution in [-0.2, 0) is 28.2 Å². The Kier molecular flexibility index (Phi) is 34.3. The van der Waals surface area contributed by atoms with Crippen molar-refractivity contribution in [2.75, 3.05) is 13.2 Å². The number of phosphoric ester groups is 1. The highest BCUT2D eigenvalue weighted by Gasteiger charge is 2.22. The number of rotatable bonds is 36. The fourth-order valence-corrected chi connectivity index (χ4v) is 5.84. The zero-order valence-corrected chi connectivity index (χ0v) is 31.8. The van der Waals surface area contributed by atoms with Gasteiger partial charge in [-0.05, 0) is 64.2 Å². The molecule has 0 aromatic heterocycles. The third-order valence-electron chi connectivity index (χ3n) is 8.44. The SMILES string of the molecule is CCCCCC/C=C/CCCCCCCCCC(=O)OC[C@H](COP(=O)(O)O)OC(=O)CCCCCCCCC/C=C/CCCCCC. The summed E-state index contributed by atoms with van der Waals surface area (Å²) in [7, 11) is -4.75. The van der Waals surface area contributed by atoms with Gasteiger partial charge in [-0.25, -0.2) is 4.57 Å². The molecule has 9 heteroatoms. The molecule has 0 spiro atoms. The van der Waals surface area contributed by atoms with Gasteiger partial charge in [0.15, 0.2) is 6.10 Å². The summed E-state index contributed by atoms with van der Waals surface area (Å²) >= 11 is 0. The van der Waals surface area contributed by atoms with E-state index in [1.807, 2.05) is 0 Å². The number of unbranched alkanes of at least 4 members (excludes halogenated alkanes) is 22. The lowest BCUT2D eigenvalue weighted by molar-refractivity contribution is -0.161. The molecule has 0 saturated carbocycles. The van der Waals surface area contributed by atoms with Crippen molar-refractivity contribution < 1.29 is 37.9 Å². The molecule has 1 atom stereocenters. The van der Waals surface area contributed by atoms with Crippen LogP contribution < -0.4 is 0 Å². The van der Waals surface area contributed by atoms with Crippen LogP contribution in [0.15, 0.2) is 24.3 Å². The topological polar surface area (TPSA) is 119 Å². The van der Waals surface area contributed by atoms with Crippen molar-refractivity contribution in [2.24, 2.45) is 0 Å².